The number of nitrogens with one attached hydrogen (secondary N) is 1. The predicted octanol–water partition coefficient (Wildman–Crippen LogP) is 4.98. The first kappa shape index (κ1) is 27.3. The molecule has 5 rings (SSSR count). The van der Waals surface area contributed by atoms with E-state index in [0.29, 0.717) is 29.8 Å². The Hall–Kier alpha value is -3.77. The Labute approximate surface area is 214 Å². The van der Waals surface area contributed by atoms with Crippen LogP contribution in [-0.2, 0) is 11.2 Å². The summed E-state index contributed by atoms with van der Waals surface area (Å²) in [5, 5.41) is 10.6. The summed E-state index contributed by atoms with van der Waals surface area (Å²) >= 11 is 0. The van der Waals surface area contributed by atoms with Gasteiger partial charge in [0, 0.05) is 31.3 Å². The quantitative estimate of drug-likeness (QED) is 0.424. The zero-order valence-electron chi connectivity index (χ0n) is 20.4. The van der Waals surface area contributed by atoms with Crippen molar-refractivity contribution in [2.45, 2.75) is 44.3 Å². The molecule has 204 valence electrons. The van der Waals surface area contributed by atoms with Crippen molar-refractivity contribution in [2.75, 3.05) is 30.4 Å². The largest absolute Gasteiger partial charge is 0.490 e. The second kappa shape index (κ2) is 11.3. The highest BCUT2D eigenvalue weighted by molar-refractivity contribution is 5.81. The third-order valence-corrected chi connectivity index (χ3v) is 6.31. The van der Waals surface area contributed by atoms with Crippen LogP contribution in [0.2, 0.25) is 0 Å². The number of nitrogens with zero attached hydrogens (tertiary/aromatic N) is 4. The van der Waals surface area contributed by atoms with Gasteiger partial charge in [0.05, 0.1) is 18.8 Å². The van der Waals surface area contributed by atoms with Crippen LogP contribution in [0.25, 0.3) is 11.0 Å². The lowest BCUT2D eigenvalue weighted by Crippen LogP contribution is -2.35. The van der Waals surface area contributed by atoms with E-state index in [2.05, 4.69) is 15.2 Å². The number of benzene rings is 1. The Balaban J connectivity index is 0.000000426. The summed E-state index contributed by atoms with van der Waals surface area (Å²) < 4.78 is 64.2. The lowest BCUT2D eigenvalue weighted by Gasteiger charge is -2.33. The summed E-state index contributed by atoms with van der Waals surface area (Å²) in [5.74, 6) is -1.23. The van der Waals surface area contributed by atoms with E-state index in [-0.39, 0.29) is 0 Å². The fourth-order valence-electron chi connectivity index (χ4n) is 4.13. The van der Waals surface area contributed by atoms with Crippen molar-refractivity contribution in [3.8, 4) is 5.88 Å². The van der Waals surface area contributed by atoms with Gasteiger partial charge in [-0.05, 0) is 49.7 Å². The van der Waals surface area contributed by atoms with Crippen molar-refractivity contribution in [3.63, 3.8) is 0 Å². The summed E-state index contributed by atoms with van der Waals surface area (Å²) in [6, 6.07) is 6.11. The monoisotopic (exact) mass is 539 g/mol. The van der Waals surface area contributed by atoms with Crippen LogP contribution in [0, 0.1) is 17.6 Å². The van der Waals surface area contributed by atoms with Crippen LogP contribution in [0.3, 0.4) is 0 Å². The molecule has 13 heteroatoms. The maximum atomic E-state index is 14.0. The Morgan fingerprint density at radius 1 is 1.11 bits per heavy atom. The normalized spacial score (nSPS) is 16.1. The molecule has 1 aliphatic carbocycles. The number of fused-ring (bicyclic) bond motifs is 1. The fourth-order valence-corrected chi connectivity index (χ4v) is 4.13. The second-order valence-electron chi connectivity index (χ2n) is 9.20. The van der Waals surface area contributed by atoms with E-state index in [9.17, 15) is 22.0 Å². The smallest absolute Gasteiger partial charge is 0.481 e. The minimum atomic E-state index is -5.08. The van der Waals surface area contributed by atoms with Gasteiger partial charge in [0.25, 0.3) is 0 Å². The van der Waals surface area contributed by atoms with Crippen LogP contribution < -0.4 is 15.0 Å². The topological polar surface area (TPSA) is 100 Å². The molecule has 3 aromatic rings. The molecule has 2 fully saturated rings. The number of pyridine rings is 1. The molecule has 0 atom stereocenters. The Bertz CT molecular complexity index is 1290. The molecule has 1 aromatic carbocycles. The van der Waals surface area contributed by atoms with Gasteiger partial charge >= 0.3 is 12.1 Å². The average Bonchev–Trinajstić information content (AvgIpc) is 3.69. The Morgan fingerprint density at radius 3 is 2.37 bits per heavy atom. The van der Waals surface area contributed by atoms with Gasteiger partial charge in [-0.25, -0.2) is 28.5 Å². The van der Waals surface area contributed by atoms with Crippen molar-refractivity contribution in [2.24, 2.45) is 5.92 Å². The number of methoxy groups -OCH3 is 1. The number of halogens is 5. The fraction of sp³-hybridized carbons (Fsp3) is 0.440. The van der Waals surface area contributed by atoms with Gasteiger partial charge in [0.15, 0.2) is 11.6 Å². The highest BCUT2D eigenvalue weighted by atomic mass is 19.4. The first-order valence-corrected chi connectivity index (χ1v) is 12.0. The van der Waals surface area contributed by atoms with Gasteiger partial charge in [-0.3, -0.25) is 0 Å². The van der Waals surface area contributed by atoms with E-state index in [1.54, 1.807) is 25.4 Å². The number of aliphatic carboxylic acids is 1. The number of piperidine rings is 1. The molecule has 2 aliphatic rings. The standard InChI is InChI=1S/C23H25F2N5O.C2HF3O2/c1-31-21-12-19-20(13-26-21)29-23(22(28-19)27-17-4-5-17)30-8-6-14(7-9-30)10-15-2-3-16(24)11-18(15)25;3-2(4,5)1(6)7/h2-3,11-14,17H,4-10H2,1H3,(H,27,28);(H,6,7). The lowest BCUT2D eigenvalue weighted by atomic mass is 9.90. The number of carboxylic acid groups (broad SMARTS) is 1. The Morgan fingerprint density at radius 2 is 1.79 bits per heavy atom. The first-order chi connectivity index (χ1) is 18.0. The molecule has 0 radical (unpaired) electrons. The van der Waals surface area contributed by atoms with Crippen LogP contribution in [0.4, 0.5) is 33.6 Å². The van der Waals surface area contributed by atoms with Crippen LogP contribution in [-0.4, -0.2) is 58.4 Å². The molecule has 3 heterocycles. The second-order valence-corrected chi connectivity index (χ2v) is 9.20. The van der Waals surface area contributed by atoms with Gasteiger partial charge in [-0.15, -0.1) is 0 Å². The molecule has 0 spiro atoms. The Kier molecular flexibility index (Phi) is 8.12. The van der Waals surface area contributed by atoms with Gasteiger partial charge in [-0.1, -0.05) is 6.07 Å². The molecule has 0 amide bonds. The van der Waals surface area contributed by atoms with E-state index >= 15 is 0 Å². The van der Waals surface area contributed by atoms with Crippen molar-refractivity contribution < 1.29 is 36.6 Å². The van der Waals surface area contributed by atoms with E-state index in [1.165, 1.54) is 6.07 Å². The lowest BCUT2D eigenvalue weighted by molar-refractivity contribution is -0.192. The molecule has 2 aromatic heterocycles. The zero-order chi connectivity index (χ0) is 27.4. The van der Waals surface area contributed by atoms with Gasteiger partial charge in [-0.2, -0.15) is 13.2 Å². The van der Waals surface area contributed by atoms with E-state index < -0.39 is 23.8 Å². The summed E-state index contributed by atoms with van der Waals surface area (Å²) in [4.78, 5) is 25.1. The van der Waals surface area contributed by atoms with E-state index in [4.69, 9.17) is 24.6 Å². The minimum absolute atomic E-state index is 0.357. The molecule has 8 nitrogen and oxygen atoms in total. The van der Waals surface area contributed by atoms with Crippen LogP contribution in [0.5, 0.6) is 5.88 Å². The number of anilines is 2. The third kappa shape index (κ3) is 6.95. The highest BCUT2D eigenvalue weighted by Gasteiger charge is 2.38. The first-order valence-electron chi connectivity index (χ1n) is 12.0. The van der Waals surface area contributed by atoms with E-state index in [1.807, 2.05) is 0 Å². The van der Waals surface area contributed by atoms with Crippen molar-refractivity contribution >= 4 is 28.6 Å². The molecule has 0 unspecified atom stereocenters. The highest BCUT2D eigenvalue weighted by Crippen LogP contribution is 2.34. The van der Waals surface area contributed by atoms with Gasteiger partial charge in [0.2, 0.25) is 5.88 Å². The molecular weight excluding hydrogens is 513 g/mol. The maximum absolute atomic E-state index is 14.0. The van der Waals surface area contributed by atoms with Gasteiger partial charge < -0.3 is 20.1 Å². The van der Waals surface area contributed by atoms with Crippen molar-refractivity contribution in [1.29, 1.82) is 0 Å². The number of hydrogen-bond acceptors (Lipinski definition) is 7. The van der Waals surface area contributed by atoms with E-state index in [0.717, 1.165) is 67.5 Å². The van der Waals surface area contributed by atoms with Crippen LogP contribution >= 0.6 is 0 Å². The number of aromatic nitrogens is 3. The summed E-state index contributed by atoms with van der Waals surface area (Å²) in [5.41, 5.74) is 2.06. The average molecular weight is 540 g/mol. The summed E-state index contributed by atoms with van der Waals surface area (Å²) in [6.45, 7) is 1.63. The summed E-state index contributed by atoms with van der Waals surface area (Å²) in [7, 11) is 1.58. The summed E-state index contributed by atoms with van der Waals surface area (Å²) in [6.07, 6.45) is 1.35. The molecule has 0 bridgehead atoms. The predicted molar refractivity (Wildman–Crippen MR) is 129 cm³/mol. The number of rotatable bonds is 6. The number of carbonyl (C=O) groups is 1. The molecule has 38 heavy (non-hydrogen) atoms. The maximum Gasteiger partial charge on any atom is 0.490 e. The van der Waals surface area contributed by atoms with Gasteiger partial charge in [0.1, 0.15) is 17.2 Å². The van der Waals surface area contributed by atoms with Crippen molar-refractivity contribution in [1.82, 2.24) is 15.0 Å². The molecule has 1 saturated heterocycles. The van der Waals surface area contributed by atoms with Crippen LogP contribution in [0.1, 0.15) is 31.2 Å². The molecule has 1 saturated carbocycles. The number of ether oxygens (including phenoxy) is 1. The van der Waals surface area contributed by atoms with Crippen molar-refractivity contribution in [3.05, 3.63) is 47.7 Å². The zero-order valence-corrected chi connectivity index (χ0v) is 20.4. The SMILES string of the molecule is COc1cc2nc(NC3CC3)c(N3CCC(Cc4ccc(F)cc4F)CC3)nc2cn1.O=C(O)C(F)(F)F. The number of carboxylic acids is 1. The number of alkyl halides is 3. The molecule has 2 N–H and O–H groups in total. The molecule has 1 aliphatic heterocycles. The molecular formula is C25H26F5N5O3. The minimum Gasteiger partial charge on any atom is -0.481 e. The third-order valence-electron chi connectivity index (χ3n) is 6.31. The van der Waals surface area contributed by atoms with Crippen LogP contribution in [0.15, 0.2) is 30.5 Å². The number of hydrogen-bond donors (Lipinski definition) is 2.